The SMILES string of the molecule is CC(C)COC(=O)N1CCCN(Cc2cccc(OCC(F)(F)F)c2)CC1. The van der Waals surface area contributed by atoms with Gasteiger partial charge in [0.2, 0.25) is 0 Å². The van der Waals surface area contributed by atoms with Gasteiger partial charge in [-0.1, -0.05) is 26.0 Å². The van der Waals surface area contributed by atoms with E-state index in [0.717, 1.165) is 18.5 Å². The largest absolute Gasteiger partial charge is 0.484 e. The van der Waals surface area contributed by atoms with Crippen molar-refractivity contribution in [2.45, 2.75) is 33.0 Å². The monoisotopic (exact) mass is 388 g/mol. The maximum atomic E-state index is 12.3. The second kappa shape index (κ2) is 9.82. The summed E-state index contributed by atoms with van der Waals surface area (Å²) >= 11 is 0. The molecule has 1 saturated heterocycles. The summed E-state index contributed by atoms with van der Waals surface area (Å²) in [6.07, 6.45) is -3.82. The van der Waals surface area contributed by atoms with Crippen LogP contribution < -0.4 is 4.74 Å². The molecule has 1 heterocycles. The summed E-state index contributed by atoms with van der Waals surface area (Å²) in [5, 5.41) is 0. The molecule has 0 radical (unpaired) electrons. The summed E-state index contributed by atoms with van der Waals surface area (Å²) in [5.41, 5.74) is 0.880. The highest BCUT2D eigenvalue weighted by molar-refractivity contribution is 5.67. The summed E-state index contributed by atoms with van der Waals surface area (Å²) < 4.78 is 46.9. The van der Waals surface area contributed by atoms with E-state index in [2.05, 4.69) is 4.90 Å². The van der Waals surface area contributed by atoms with E-state index < -0.39 is 12.8 Å². The van der Waals surface area contributed by atoms with Crippen LogP contribution in [-0.4, -0.2) is 61.5 Å². The average molecular weight is 388 g/mol. The smallest absolute Gasteiger partial charge is 0.422 e. The molecule has 0 aliphatic carbocycles. The number of rotatable bonds is 6. The number of ether oxygens (including phenoxy) is 2. The zero-order chi connectivity index (χ0) is 19.9. The molecular weight excluding hydrogens is 361 g/mol. The Morgan fingerprint density at radius 3 is 2.67 bits per heavy atom. The highest BCUT2D eigenvalue weighted by Crippen LogP contribution is 2.20. The van der Waals surface area contributed by atoms with E-state index in [0.29, 0.717) is 38.7 Å². The fourth-order valence-corrected chi connectivity index (χ4v) is 2.80. The van der Waals surface area contributed by atoms with Crippen LogP contribution in [0, 0.1) is 5.92 Å². The predicted molar refractivity (Wildman–Crippen MR) is 95.6 cm³/mol. The zero-order valence-electron chi connectivity index (χ0n) is 15.8. The quantitative estimate of drug-likeness (QED) is 0.741. The van der Waals surface area contributed by atoms with E-state index >= 15 is 0 Å². The van der Waals surface area contributed by atoms with Gasteiger partial charge in [0.05, 0.1) is 6.61 Å². The van der Waals surface area contributed by atoms with E-state index in [9.17, 15) is 18.0 Å². The maximum absolute atomic E-state index is 12.3. The Kier molecular flexibility index (Phi) is 7.77. The number of carbonyl (C=O) groups excluding carboxylic acids is 1. The molecule has 1 amide bonds. The van der Waals surface area contributed by atoms with Gasteiger partial charge in [0.15, 0.2) is 6.61 Å². The fraction of sp³-hybridized carbons (Fsp3) is 0.632. The summed E-state index contributed by atoms with van der Waals surface area (Å²) in [7, 11) is 0. The lowest BCUT2D eigenvalue weighted by Crippen LogP contribution is -2.36. The molecule has 1 aromatic carbocycles. The number of hydrogen-bond acceptors (Lipinski definition) is 4. The third kappa shape index (κ3) is 8.07. The van der Waals surface area contributed by atoms with Gasteiger partial charge in [0.1, 0.15) is 5.75 Å². The van der Waals surface area contributed by atoms with Crippen molar-refractivity contribution < 1.29 is 27.4 Å². The first-order valence-electron chi connectivity index (χ1n) is 9.15. The van der Waals surface area contributed by atoms with Gasteiger partial charge >= 0.3 is 12.3 Å². The van der Waals surface area contributed by atoms with E-state index in [-0.39, 0.29) is 11.8 Å². The molecule has 1 aromatic rings. The maximum Gasteiger partial charge on any atom is 0.422 e. The van der Waals surface area contributed by atoms with Crippen molar-refractivity contribution in [1.29, 1.82) is 0 Å². The van der Waals surface area contributed by atoms with Gasteiger partial charge in [-0.25, -0.2) is 4.79 Å². The van der Waals surface area contributed by atoms with E-state index in [1.807, 2.05) is 19.9 Å². The molecule has 152 valence electrons. The molecule has 0 unspecified atom stereocenters. The summed E-state index contributed by atoms with van der Waals surface area (Å²) in [6.45, 7) is 6.39. The van der Waals surface area contributed by atoms with Crippen LogP contribution in [0.25, 0.3) is 0 Å². The molecule has 0 N–H and O–H groups in total. The van der Waals surface area contributed by atoms with Crippen molar-refractivity contribution in [1.82, 2.24) is 9.80 Å². The number of alkyl halides is 3. The Morgan fingerprint density at radius 1 is 1.19 bits per heavy atom. The lowest BCUT2D eigenvalue weighted by atomic mass is 10.2. The molecular formula is C19H27F3N2O3. The molecule has 5 nitrogen and oxygen atoms in total. The van der Waals surface area contributed by atoms with Gasteiger partial charge in [-0.2, -0.15) is 13.2 Å². The van der Waals surface area contributed by atoms with Crippen LogP contribution in [-0.2, 0) is 11.3 Å². The standard InChI is InChI=1S/C19H27F3N2O3/c1-15(2)13-26-18(25)24-8-4-7-23(9-10-24)12-16-5-3-6-17(11-16)27-14-19(20,21)22/h3,5-6,11,15H,4,7-10,12-14H2,1-2H3. The molecule has 0 saturated carbocycles. The number of amides is 1. The minimum atomic E-state index is -4.35. The Labute approximate surface area is 158 Å². The Hall–Kier alpha value is -1.96. The van der Waals surface area contributed by atoms with Gasteiger partial charge in [0, 0.05) is 32.7 Å². The Morgan fingerprint density at radius 2 is 1.96 bits per heavy atom. The van der Waals surface area contributed by atoms with Crippen molar-refractivity contribution in [3.63, 3.8) is 0 Å². The van der Waals surface area contributed by atoms with E-state index in [4.69, 9.17) is 9.47 Å². The van der Waals surface area contributed by atoms with Crippen LogP contribution >= 0.6 is 0 Å². The first kappa shape index (κ1) is 21.3. The fourth-order valence-electron chi connectivity index (χ4n) is 2.80. The van der Waals surface area contributed by atoms with Gasteiger partial charge in [-0.05, 0) is 30.0 Å². The molecule has 8 heteroatoms. The minimum Gasteiger partial charge on any atom is -0.484 e. The van der Waals surface area contributed by atoms with Gasteiger partial charge in [0.25, 0.3) is 0 Å². The number of benzene rings is 1. The van der Waals surface area contributed by atoms with Crippen LogP contribution in [0.2, 0.25) is 0 Å². The van der Waals surface area contributed by atoms with Crippen LogP contribution in [0.15, 0.2) is 24.3 Å². The van der Waals surface area contributed by atoms with Crippen molar-refractivity contribution in [3.05, 3.63) is 29.8 Å². The topological polar surface area (TPSA) is 42.0 Å². The molecule has 0 spiro atoms. The van der Waals surface area contributed by atoms with Crippen molar-refractivity contribution in [2.75, 3.05) is 39.4 Å². The van der Waals surface area contributed by atoms with Crippen LogP contribution in [0.4, 0.5) is 18.0 Å². The second-order valence-electron chi connectivity index (χ2n) is 7.14. The summed E-state index contributed by atoms with van der Waals surface area (Å²) in [5.74, 6) is 0.503. The molecule has 1 aliphatic rings. The van der Waals surface area contributed by atoms with Crippen molar-refractivity contribution in [3.8, 4) is 5.75 Å². The summed E-state index contributed by atoms with van der Waals surface area (Å²) in [4.78, 5) is 16.0. The first-order valence-corrected chi connectivity index (χ1v) is 9.15. The highest BCUT2D eigenvalue weighted by atomic mass is 19.4. The van der Waals surface area contributed by atoms with Crippen LogP contribution in [0.5, 0.6) is 5.75 Å². The Bertz CT molecular complexity index is 608. The third-order valence-electron chi connectivity index (χ3n) is 4.09. The molecule has 1 aliphatic heterocycles. The molecule has 1 fully saturated rings. The van der Waals surface area contributed by atoms with Crippen molar-refractivity contribution in [2.24, 2.45) is 5.92 Å². The third-order valence-corrected chi connectivity index (χ3v) is 4.09. The van der Waals surface area contributed by atoms with E-state index in [1.54, 1.807) is 17.0 Å². The predicted octanol–water partition coefficient (Wildman–Crippen LogP) is 3.93. The molecule has 0 atom stereocenters. The Balaban J connectivity index is 1.85. The number of hydrogen-bond donors (Lipinski definition) is 0. The number of nitrogens with zero attached hydrogens (tertiary/aromatic N) is 2. The summed E-state index contributed by atoms with van der Waals surface area (Å²) in [6, 6.07) is 6.70. The van der Waals surface area contributed by atoms with Gasteiger partial charge < -0.3 is 14.4 Å². The zero-order valence-corrected chi connectivity index (χ0v) is 15.8. The van der Waals surface area contributed by atoms with Crippen LogP contribution in [0.1, 0.15) is 25.8 Å². The highest BCUT2D eigenvalue weighted by Gasteiger charge is 2.28. The van der Waals surface area contributed by atoms with E-state index in [1.165, 1.54) is 6.07 Å². The van der Waals surface area contributed by atoms with Crippen molar-refractivity contribution >= 4 is 6.09 Å². The lowest BCUT2D eigenvalue weighted by Gasteiger charge is -2.22. The molecule has 2 rings (SSSR count). The van der Waals surface area contributed by atoms with Gasteiger partial charge in [-0.3, -0.25) is 4.90 Å². The normalized spacial score (nSPS) is 16.3. The first-order chi connectivity index (χ1) is 12.7. The number of carbonyl (C=O) groups is 1. The number of halogens is 3. The van der Waals surface area contributed by atoms with Crippen LogP contribution in [0.3, 0.4) is 0 Å². The molecule has 0 bridgehead atoms. The minimum absolute atomic E-state index is 0.207. The van der Waals surface area contributed by atoms with Gasteiger partial charge in [-0.15, -0.1) is 0 Å². The average Bonchev–Trinajstić information content (AvgIpc) is 2.83. The lowest BCUT2D eigenvalue weighted by molar-refractivity contribution is -0.153. The molecule has 0 aromatic heterocycles. The second-order valence-corrected chi connectivity index (χ2v) is 7.14. The molecule has 27 heavy (non-hydrogen) atoms.